The molecule has 3 aromatic rings. The number of carbonyl (C=O) groups is 1. The molecule has 0 bridgehead atoms. The molecular formula is C25H22FNO3. The lowest BCUT2D eigenvalue weighted by Gasteiger charge is -2.14. The molecule has 0 heterocycles. The molecule has 0 fully saturated rings. The summed E-state index contributed by atoms with van der Waals surface area (Å²) in [6, 6.07) is 20.6. The van der Waals surface area contributed by atoms with E-state index in [4.69, 9.17) is 4.74 Å². The van der Waals surface area contributed by atoms with Gasteiger partial charge in [-0.25, -0.2) is 9.18 Å². The Kier molecular flexibility index (Phi) is 5.80. The van der Waals surface area contributed by atoms with Gasteiger partial charge in [0, 0.05) is 12.5 Å². The number of hydrogen-bond donors (Lipinski definition) is 2. The van der Waals surface area contributed by atoms with Crippen molar-refractivity contribution < 1.29 is 19.0 Å². The van der Waals surface area contributed by atoms with E-state index in [2.05, 4.69) is 29.6 Å². The zero-order valence-corrected chi connectivity index (χ0v) is 16.3. The number of aromatic hydroxyl groups is 1. The monoisotopic (exact) mass is 403 g/mol. The maximum absolute atomic E-state index is 13.3. The molecule has 0 spiro atoms. The lowest BCUT2D eigenvalue weighted by Crippen LogP contribution is -2.26. The second kappa shape index (κ2) is 8.82. The van der Waals surface area contributed by atoms with Crippen molar-refractivity contribution >= 4 is 12.2 Å². The fraction of sp³-hybridized carbons (Fsp3) is 0.160. The number of benzene rings is 3. The number of phenolic OH excluding ortho intramolecular Hbond substituents is 1. The summed E-state index contributed by atoms with van der Waals surface area (Å²) in [6.45, 7) is 0.691. The van der Waals surface area contributed by atoms with Gasteiger partial charge >= 0.3 is 6.09 Å². The van der Waals surface area contributed by atoms with Crippen molar-refractivity contribution in [2.45, 2.75) is 12.3 Å². The Balaban J connectivity index is 1.27. The minimum absolute atomic E-state index is 0.0347. The predicted molar refractivity (Wildman–Crippen MR) is 115 cm³/mol. The third-order valence-corrected chi connectivity index (χ3v) is 5.21. The highest BCUT2D eigenvalue weighted by Gasteiger charge is 2.28. The van der Waals surface area contributed by atoms with Crippen LogP contribution in [-0.2, 0) is 4.74 Å². The zero-order valence-electron chi connectivity index (χ0n) is 16.3. The molecule has 4 nitrogen and oxygen atoms in total. The Labute approximate surface area is 174 Å². The van der Waals surface area contributed by atoms with Crippen LogP contribution < -0.4 is 5.32 Å². The Hall–Kier alpha value is -3.60. The van der Waals surface area contributed by atoms with Crippen LogP contribution in [0.5, 0.6) is 5.75 Å². The molecule has 1 aliphatic carbocycles. The average molecular weight is 403 g/mol. The summed E-state index contributed by atoms with van der Waals surface area (Å²) in [5, 5.41) is 11.9. The van der Waals surface area contributed by atoms with Gasteiger partial charge in [-0.3, -0.25) is 0 Å². The summed E-state index contributed by atoms with van der Waals surface area (Å²) in [5.41, 5.74) is 5.38. The van der Waals surface area contributed by atoms with Crippen LogP contribution in [0.4, 0.5) is 9.18 Å². The van der Waals surface area contributed by atoms with Crippen molar-refractivity contribution in [2.24, 2.45) is 0 Å². The van der Waals surface area contributed by atoms with Crippen molar-refractivity contribution in [3.63, 3.8) is 0 Å². The van der Waals surface area contributed by atoms with Crippen molar-refractivity contribution in [2.75, 3.05) is 13.2 Å². The topological polar surface area (TPSA) is 58.6 Å². The molecule has 0 aromatic heterocycles. The van der Waals surface area contributed by atoms with E-state index in [9.17, 15) is 14.3 Å². The van der Waals surface area contributed by atoms with Crippen LogP contribution in [0.3, 0.4) is 0 Å². The first-order valence-corrected chi connectivity index (χ1v) is 9.87. The number of nitrogens with one attached hydrogen (secondary N) is 1. The van der Waals surface area contributed by atoms with Gasteiger partial charge in [-0.2, -0.15) is 0 Å². The number of amides is 1. The van der Waals surface area contributed by atoms with Crippen LogP contribution in [0.2, 0.25) is 0 Å². The van der Waals surface area contributed by atoms with E-state index in [0.717, 1.165) is 0 Å². The van der Waals surface area contributed by atoms with E-state index in [1.165, 1.54) is 34.4 Å². The van der Waals surface area contributed by atoms with Gasteiger partial charge in [0.25, 0.3) is 0 Å². The second-order valence-corrected chi connectivity index (χ2v) is 7.15. The first-order chi connectivity index (χ1) is 14.6. The lowest BCUT2D eigenvalue weighted by atomic mass is 9.98. The lowest BCUT2D eigenvalue weighted by molar-refractivity contribution is 0.143. The van der Waals surface area contributed by atoms with Gasteiger partial charge < -0.3 is 15.2 Å². The third-order valence-electron chi connectivity index (χ3n) is 5.21. The number of phenols is 1. The van der Waals surface area contributed by atoms with Crippen molar-refractivity contribution in [1.29, 1.82) is 0 Å². The summed E-state index contributed by atoms with van der Waals surface area (Å²) in [5.74, 6) is -0.995. The summed E-state index contributed by atoms with van der Waals surface area (Å²) in [6.07, 6.45) is 3.69. The van der Waals surface area contributed by atoms with Crippen LogP contribution in [0.1, 0.15) is 29.0 Å². The fourth-order valence-corrected chi connectivity index (χ4v) is 3.75. The quantitative estimate of drug-likeness (QED) is 0.536. The molecule has 4 rings (SSSR count). The Morgan fingerprint density at radius 2 is 1.70 bits per heavy atom. The first kappa shape index (κ1) is 19.7. The molecule has 3 aromatic carbocycles. The number of fused-ring (bicyclic) bond motifs is 3. The molecule has 1 aliphatic rings. The Morgan fingerprint density at radius 1 is 1.03 bits per heavy atom. The highest BCUT2D eigenvalue weighted by atomic mass is 19.1. The Morgan fingerprint density at radius 3 is 2.37 bits per heavy atom. The predicted octanol–water partition coefficient (Wildman–Crippen LogP) is 5.47. The largest absolute Gasteiger partial charge is 0.505 e. The molecule has 5 heteroatoms. The normalized spacial score (nSPS) is 12.6. The number of hydrogen-bond acceptors (Lipinski definition) is 3. The van der Waals surface area contributed by atoms with E-state index in [1.807, 2.05) is 30.3 Å². The molecular weight excluding hydrogens is 381 g/mol. The zero-order chi connectivity index (χ0) is 20.9. The maximum Gasteiger partial charge on any atom is 0.407 e. The summed E-state index contributed by atoms with van der Waals surface area (Å²) in [4.78, 5) is 12.1. The van der Waals surface area contributed by atoms with Gasteiger partial charge in [-0.15, -0.1) is 0 Å². The van der Waals surface area contributed by atoms with Gasteiger partial charge in [-0.1, -0.05) is 66.7 Å². The van der Waals surface area contributed by atoms with Gasteiger partial charge in [0.15, 0.2) is 11.6 Å². The van der Waals surface area contributed by atoms with Gasteiger partial charge in [0.1, 0.15) is 6.61 Å². The molecule has 0 unspecified atom stereocenters. The van der Waals surface area contributed by atoms with Crippen LogP contribution in [0.25, 0.3) is 17.2 Å². The van der Waals surface area contributed by atoms with Gasteiger partial charge in [-0.05, 0) is 46.4 Å². The number of carbonyl (C=O) groups excluding carboxylic acids is 1. The van der Waals surface area contributed by atoms with Gasteiger partial charge in [0.05, 0.1) is 0 Å². The molecule has 2 N–H and O–H groups in total. The van der Waals surface area contributed by atoms with Crippen LogP contribution in [-0.4, -0.2) is 24.4 Å². The second-order valence-electron chi connectivity index (χ2n) is 7.15. The minimum Gasteiger partial charge on any atom is -0.505 e. The smallest absolute Gasteiger partial charge is 0.407 e. The number of halogens is 1. The number of rotatable bonds is 6. The molecule has 0 atom stereocenters. The summed E-state index contributed by atoms with van der Waals surface area (Å²) in [7, 11) is 0. The van der Waals surface area contributed by atoms with Crippen LogP contribution in [0.15, 0.2) is 72.8 Å². The fourth-order valence-electron chi connectivity index (χ4n) is 3.75. The van der Waals surface area contributed by atoms with E-state index in [-0.39, 0.29) is 18.3 Å². The number of alkyl carbamates (subject to hydrolysis) is 1. The van der Waals surface area contributed by atoms with Crippen LogP contribution in [0, 0.1) is 5.82 Å². The first-order valence-electron chi connectivity index (χ1n) is 9.87. The Bertz CT molecular complexity index is 1050. The highest BCUT2D eigenvalue weighted by molar-refractivity contribution is 5.79. The minimum atomic E-state index is -0.658. The van der Waals surface area contributed by atoms with Crippen molar-refractivity contribution in [1.82, 2.24) is 5.32 Å². The average Bonchev–Trinajstić information content (AvgIpc) is 3.08. The van der Waals surface area contributed by atoms with Crippen LogP contribution >= 0.6 is 0 Å². The molecule has 30 heavy (non-hydrogen) atoms. The van der Waals surface area contributed by atoms with E-state index in [1.54, 1.807) is 12.1 Å². The highest BCUT2D eigenvalue weighted by Crippen LogP contribution is 2.44. The van der Waals surface area contributed by atoms with E-state index < -0.39 is 11.9 Å². The maximum atomic E-state index is 13.3. The van der Waals surface area contributed by atoms with Gasteiger partial charge in [0.2, 0.25) is 0 Å². The molecule has 0 saturated heterocycles. The summed E-state index contributed by atoms with van der Waals surface area (Å²) < 4.78 is 18.8. The molecule has 0 saturated carbocycles. The molecule has 152 valence electrons. The SMILES string of the molecule is O=C(NCCC=Cc1ccc(O)c(F)c1)OCC1c2ccccc2-c2ccccc21. The number of ether oxygens (including phenoxy) is 1. The standard InChI is InChI=1S/C25H22FNO3/c26-23-15-17(12-13-24(23)28)7-5-6-14-27-25(29)30-16-22-20-10-3-1-8-18(20)19-9-2-4-11-21(19)22/h1-5,7-13,15,22,28H,6,14,16H2,(H,27,29). The van der Waals surface area contributed by atoms with Crippen molar-refractivity contribution in [3.05, 3.63) is 95.3 Å². The molecule has 0 aliphatic heterocycles. The molecule has 0 radical (unpaired) electrons. The summed E-state index contributed by atoms with van der Waals surface area (Å²) >= 11 is 0. The van der Waals surface area contributed by atoms with E-state index >= 15 is 0 Å². The van der Waals surface area contributed by atoms with E-state index in [0.29, 0.717) is 18.5 Å². The van der Waals surface area contributed by atoms with Crippen molar-refractivity contribution in [3.8, 4) is 16.9 Å². The molecule has 1 amide bonds. The third kappa shape index (κ3) is 4.20.